The van der Waals surface area contributed by atoms with E-state index < -0.39 is 0 Å². The maximum Gasteiger partial charge on any atom is 0.228 e. The summed E-state index contributed by atoms with van der Waals surface area (Å²) in [6, 6.07) is 15.7. The van der Waals surface area contributed by atoms with Crippen molar-refractivity contribution in [1.29, 1.82) is 0 Å². The number of rotatable bonds is 7. The third-order valence-corrected chi connectivity index (χ3v) is 5.72. The van der Waals surface area contributed by atoms with E-state index >= 15 is 0 Å². The molecular weight excluding hydrogens is 390 g/mol. The van der Waals surface area contributed by atoms with E-state index in [0.29, 0.717) is 13.0 Å². The first-order chi connectivity index (χ1) is 15.1. The second-order valence-electron chi connectivity index (χ2n) is 8.05. The average Bonchev–Trinajstić information content (AvgIpc) is 3.11. The van der Waals surface area contributed by atoms with Gasteiger partial charge >= 0.3 is 0 Å². The maximum atomic E-state index is 12.4. The number of anilines is 2. The van der Waals surface area contributed by atoms with Gasteiger partial charge in [-0.2, -0.15) is 0 Å². The topological polar surface area (TPSA) is 67.6 Å². The molecule has 0 atom stereocenters. The van der Waals surface area contributed by atoms with Crippen LogP contribution in [0.25, 0.3) is 0 Å². The number of nitrogens with zero attached hydrogens (tertiary/aromatic N) is 2. The zero-order valence-electron chi connectivity index (χ0n) is 18.2. The molecule has 31 heavy (non-hydrogen) atoms. The summed E-state index contributed by atoms with van der Waals surface area (Å²) in [5.74, 6) is 1.49. The molecular formula is C25H29N3O3. The van der Waals surface area contributed by atoms with Gasteiger partial charge in [0.1, 0.15) is 18.1 Å². The van der Waals surface area contributed by atoms with Gasteiger partial charge in [-0.15, -0.1) is 0 Å². The number of carbonyl (C=O) groups excluding carboxylic acids is 1. The van der Waals surface area contributed by atoms with Crippen molar-refractivity contribution in [3.05, 3.63) is 71.1 Å². The van der Waals surface area contributed by atoms with Crippen molar-refractivity contribution >= 4 is 17.3 Å². The van der Waals surface area contributed by atoms with Gasteiger partial charge in [0.15, 0.2) is 0 Å². The number of piperidine rings is 1. The number of ether oxygens (including phenoxy) is 1. The molecule has 2 aromatic carbocycles. The third kappa shape index (κ3) is 5.45. The van der Waals surface area contributed by atoms with Gasteiger partial charge in [-0.1, -0.05) is 17.3 Å². The van der Waals surface area contributed by atoms with Crippen LogP contribution in [0.15, 0.2) is 53.1 Å². The van der Waals surface area contributed by atoms with Crippen molar-refractivity contribution in [2.75, 3.05) is 23.3 Å². The van der Waals surface area contributed by atoms with Crippen molar-refractivity contribution in [1.82, 2.24) is 5.16 Å². The summed E-state index contributed by atoms with van der Waals surface area (Å²) in [6.07, 6.45) is 4.14. The highest BCUT2D eigenvalue weighted by atomic mass is 16.5. The van der Waals surface area contributed by atoms with Crippen LogP contribution in [-0.2, 0) is 17.8 Å². The fourth-order valence-corrected chi connectivity index (χ4v) is 3.87. The Morgan fingerprint density at radius 2 is 1.74 bits per heavy atom. The molecule has 1 aromatic heterocycles. The molecule has 0 saturated carbocycles. The Hall–Kier alpha value is -3.28. The number of aromatic nitrogens is 1. The molecule has 0 spiro atoms. The molecule has 1 aliphatic rings. The fourth-order valence-electron chi connectivity index (χ4n) is 3.87. The Labute approximate surface area is 183 Å². The first kappa shape index (κ1) is 21.0. The fraction of sp³-hybridized carbons (Fsp3) is 0.360. The number of amides is 1. The molecule has 1 amide bonds. The monoisotopic (exact) mass is 419 g/mol. The highest BCUT2D eigenvalue weighted by Crippen LogP contribution is 2.22. The molecule has 0 aliphatic carbocycles. The summed E-state index contributed by atoms with van der Waals surface area (Å²) < 4.78 is 11.0. The minimum absolute atomic E-state index is 0.0323. The predicted octanol–water partition coefficient (Wildman–Crippen LogP) is 5.04. The zero-order valence-corrected chi connectivity index (χ0v) is 18.2. The number of aryl methyl sites for hydroxylation is 2. The smallest absolute Gasteiger partial charge is 0.228 e. The van der Waals surface area contributed by atoms with Gasteiger partial charge in [0, 0.05) is 24.5 Å². The molecule has 1 aliphatic heterocycles. The molecule has 3 aromatic rings. The quantitative estimate of drug-likeness (QED) is 0.581. The van der Waals surface area contributed by atoms with E-state index in [1.807, 2.05) is 50.2 Å². The lowest BCUT2D eigenvalue weighted by Gasteiger charge is -2.28. The molecule has 1 saturated heterocycles. The highest BCUT2D eigenvalue weighted by molar-refractivity contribution is 5.92. The van der Waals surface area contributed by atoms with Gasteiger partial charge in [0.25, 0.3) is 0 Å². The van der Waals surface area contributed by atoms with E-state index in [9.17, 15) is 4.79 Å². The SMILES string of the molecule is Cc1noc(C)c1COc1ccc(CC(=O)Nc2ccc(N3CCCCC3)cc2)cc1. The van der Waals surface area contributed by atoms with Crippen LogP contribution >= 0.6 is 0 Å². The van der Waals surface area contributed by atoms with E-state index in [-0.39, 0.29) is 5.91 Å². The van der Waals surface area contributed by atoms with E-state index in [2.05, 4.69) is 27.5 Å². The van der Waals surface area contributed by atoms with Gasteiger partial charge in [0.2, 0.25) is 5.91 Å². The largest absolute Gasteiger partial charge is 0.489 e. The first-order valence-corrected chi connectivity index (χ1v) is 10.9. The Bertz CT molecular complexity index is 984. The molecule has 4 rings (SSSR count). The van der Waals surface area contributed by atoms with Crippen LogP contribution in [0.2, 0.25) is 0 Å². The number of nitrogens with one attached hydrogen (secondary N) is 1. The molecule has 6 heteroatoms. The van der Waals surface area contributed by atoms with Gasteiger partial charge in [-0.05, 0) is 75.1 Å². The molecule has 6 nitrogen and oxygen atoms in total. The predicted molar refractivity (Wildman–Crippen MR) is 122 cm³/mol. The van der Waals surface area contributed by atoms with E-state index in [4.69, 9.17) is 9.26 Å². The van der Waals surface area contributed by atoms with E-state index in [1.54, 1.807) is 0 Å². The normalized spacial score (nSPS) is 13.8. The van der Waals surface area contributed by atoms with Crippen LogP contribution in [0, 0.1) is 13.8 Å². The Morgan fingerprint density at radius 3 is 2.39 bits per heavy atom. The molecule has 162 valence electrons. The van der Waals surface area contributed by atoms with Crippen LogP contribution in [0.3, 0.4) is 0 Å². The summed E-state index contributed by atoms with van der Waals surface area (Å²) in [7, 11) is 0. The van der Waals surface area contributed by atoms with Crippen LogP contribution < -0.4 is 15.0 Å². The molecule has 2 heterocycles. The number of benzene rings is 2. The van der Waals surface area contributed by atoms with Crippen LogP contribution in [-0.4, -0.2) is 24.2 Å². The number of hydrogen-bond donors (Lipinski definition) is 1. The van der Waals surface area contributed by atoms with Gasteiger partial charge in [0.05, 0.1) is 17.7 Å². The van der Waals surface area contributed by atoms with E-state index in [0.717, 1.165) is 47.1 Å². The lowest BCUT2D eigenvalue weighted by atomic mass is 10.1. The summed E-state index contributed by atoms with van der Waals surface area (Å²) >= 11 is 0. The highest BCUT2D eigenvalue weighted by Gasteiger charge is 2.12. The van der Waals surface area contributed by atoms with Crippen molar-refractivity contribution in [3.63, 3.8) is 0 Å². The van der Waals surface area contributed by atoms with Crippen LogP contribution in [0.1, 0.15) is 41.8 Å². The standard InChI is InChI=1S/C25H29N3O3/c1-18-24(19(2)31-27-18)17-30-23-12-6-20(7-13-23)16-25(29)26-21-8-10-22(11-9-21)28-14-4-3-5-15-28/h6-13H,3-5,14-17H2,1-2H3,(H,26,29). The summed E-state index contributed by atoms with van der Waals surface area (Å²) in [5, 5.41) is 6.92. The van der Waals surface area contributed by atoms with Crippen molar-refractivity contribution in [2.45, 2.75) is 46.1 Å². The minimum atomic E-state index is -0.0323. The second-order valence-corrected chi connectivity index (χ2v) is 8.05. The third-order valence-electron chi connectivity index (χ3n) is 5.72. The number of hydrogen-bond acceptors (Lipinski definition) is 5. The second kappa shape index (κ2) is 9.69. The van der Waals surface area contributed by atoms with Crippen LogP contribution in [0.5, 0.6) is 5.75 Å². The number of carbonyl (C=O) groups is 1. The van der Waals surface area contributed by atoms with E-state index in [1.165, 1.54) is 24.9 Å². The molecule has 1 fully saturated rings. The van der Waals surface area contributed by atoms with Crippen molar-refractivity contribution in [3.8, 4) is 5.75 Å². The summed E-state index contributed by atoms with van der Waals surface area (Å²) in [6.45, 7) is 6.42. The molecule has 1 N–H and O–H groups in total. The average molecular weight is 420 g/mol. The van der Waals surface area contributed by atoms with Crippen molar-refractivity contribution in [2.24, 2.45) is 0 Å². The summed E-state index contributed by atoms with van der Waals surface area (Å²) in [4.78, 5) is 14.8. The Balaban J connectivity index is 1.27. The molecule has 0 unspecified atom stereocenters. The maximum absolute atomic E-state index is 12.4. The lowest BCUT2D eigenvalue weighted by Crippen LogP contribution is -2.29. The Morgan fingerprint density at radius 1 is 1.03 bits per heavy atom. The first-order valence-electron chi connectivity index (χ1n) is 10.9. The van der Waals surface area contributed by atoms with Gasteiger partial charge in [-0.25, -0.2) is 0 Å². The van der Waals surface area contributed by atoms with Crippen LogP contribution in [0.4, 0.5) is 11.4 Å². The molecule has 0 bridgehead atoms. The summed E-state index contributed by atoms with van der Waals surface area (Å²) in [5.41, 5.74) is 4.80. The van der Waals surface area contributed by atoms with Crippen molar-refractivity contribution < 1.29 is 14.1 Å². The Kier molecular flexibility index (Phi) is 6.55. The zero-order chi connectivity index (χ0) is 21.6. The van der Waals surface area contributed by atoms with Gasteiger partial charge < -0.3 is 19.5 Å². The van der Waals surface area contributed by atoms with Gasteiger partial charge in [-0.3, -0.25) is 4.79 Å². The minimum Gasteiger partial charge on any atom is -0.489 e. The lowest BCUT2D eigenvalue weighted by molar-refractivity contribution is -0.115. The molecule has 0 radical (unpaired) electrons.